The summed E-state index contributed by atoms with van der Waals surface area (Å²) >= 11 is 0. The van der Waals surface area contributed by atoms with E-state index in [0.717, 1.165) is 0 Å². The Morgan fingerprint density at radius 1 is 1.61 bits per heavy atom. The van der Waals surface area contributed by atoms with Gasteiger partial charge in [-0.05, 0) is 0 Å². The van der Waals surface area contributed by atoms with Gasteiger partial charge >= 0.3 is 11.9 Å². The minimum Gasteiger partial charge on any atom is -0.497 e. The molecular formula is C13H16O5. The fraction of sp³-hybridized carbons (Fsp3) is 0.538. The van der Waals surface area contributed by atoms with Crippen LogP contribution in [-0.4, -0.2) is 32.3 Å². The minimum absolute atomic E-state index is 0.186. The number of esters is 2. The van der Waals surface area contributed by atoms with Crippen molar-refractivity contribution < 1.29 is 23.8 Å². The summed E-state index contributed by atoms with van der Waals surface area (Å²) in [7, 11) is 1.29. The van der Waals surface area contributed by atoms with Gasteiger partial charge in [-0.3, -0.25) is 4.79 Å². The highest BCUT2D eigenvalue weighted by atomic mass is 16.5. The van der Waals surface area contributed by atoms with Gasteiger partial charge < -0.3 is 14.2 Å². The molecule has 0 saturated carbocycles. The predicted octanol–water partition coefficient (Wildman–Crippen LogP) is 1.04. The molecule has 0 radical (unpaired) electrons. The van der Waals surface area contributed by atoms with E-state index >= 15 is 0 Å². The molecular weight excluding hydrogens is 236 g/mol. The Hall–Kier alpha value is -1.96. The van der Waals surface area contributed by atoms with Crippen LogP contribution in [0.4, 0.5) is 0 Å². The lowest BCUT2D eigenvalue weighted by molar-refractivity contribution is -0.144. The quantitative estimate of drug-likeness (QED) is 0.425. The first-order chi connectivity index (χ1) is 8.51. The summed E-state index contributed by atoms with van der Waals surface area (Å²) in [6.45, 7) is 1.85. The van der Waals surface area contributed by atoms with Crippen molar-refractivity contribution in [2.75, 3.05) is 20.3 Å². The van der Waals surface area contributed by atoms with Crippen molar-refractivity contribution in [3.8, 4) is 12.3 Å². The molecule has 0 amide bonds. The molecule has 18 heavy (non-hydrogen) atoms. The molecule has 1 atom stereocenters. The molecule has 1 aliphatic rings. The molecule has 0 aromatic heterocycles. The van der Waals surface area contributed by atoms with Gasteiger partial charge in [0.05, 0.1) is 25.2 Å². The molecule has 1 aliphatic heterocycles. The third-order valence-electron chi connectivity index (χ3n) is 2.65. The van der Waals surface area contributed by atoms with Crippen LogP contribution in [0.1, 0.15) is 19.8 Å². The summed E-state index contributed by atoms with van der Waals surface area (Å²) in [5, 5.41) is 0. The van der Waals surface area contributed by atoms with Crippen LogP contribution in [0, 0.1) is 17.8 Å². The first kappa shape index (κ1) is 14.1. The zero-order valence-corrected chi connectivity index (χ0v) is 10.5. The van der Waals surface area contributed by atoms with E-state index in [9.17, 15) is 9.59 Å². The average Bonchev–Trinajstić information content (AvgIpc) is 2.71. The van der Waals surface area contributed by atoms with Crippen molar-refractivity contribution in [1.82, 2.24) is 0 Å². The maximum atomic E-state index is 11.1. The van der Waals surface area contributed by atoms with E-state index < -0.39 is 11.4 Å². The smallest absolute Gasteiger partial charge is 0.333 e. The number of terminal acetylenes is 1. The number of rotatable bonds is 4. The lowest BCUT2D eigenvalue weighted by Crippen LogP contribution is -2.28. The Balaban J connectivity index is 2.72. The maximum Gasteiger partial charge on any atom is 0.333 e. The monoisotopic (exact) mass is 252 g/mol. The van der Waals surface area contributed by atoms with E-state index in [1.54, 1.807) is 0 Å². The topological polar surface area (TPSA) is 61.8 Å². The number of hydrogen-bond donors (Lipinski definition) is 0. The largest absolute Gasteiger partial charge is 0.497 e. The first-order valence-electron chi connectivity index (χ1n) is 5.49. The van der Waals surface area contributed by atoms with Crippen molar-refractivity contribution in [3.63, 3.8) is 0 Å². The van der Waals surface area contributed by atoms with E-state index in [1.807, 2.05) is 0 Å². The van der Waals surface area contributed by atoms with Crippen LogP contribution in [0.2, 0.25) is 0 Å². The highest BCUT2D eigenvalue weighted by Crippen LogP contribution is 2.38. The first-order valence-corrected chi connectivity index (χ1v) is 5.49. The third-order valence-corrected chi connectivity index (χ3v) is 2.65. The molecule has 0 aromatic rings. The van der Waals surface area contributed by atoms with E-state index in [-0.39, 0.29) is 12.6 Å². The van der Waals surface area contributed by atoms with Crippen LogP contribution in [0.15, 0.2) is 11.8 Å². The van der Waals surface area contributed by atoms with Crippen molar-refractivity contribution in [3.05, 3.63) is 11.8 Å². The molecule has 0 aromatic carbocycles. The van der Waals surface area contributed by atoms with Gasteiger partial charge in [0.1, 0.15) is 12.4 Å². The molecule has 1 heterocycles. The second-order valence-electron chi connectivity index (χ2n) is 4.26. The normalized spacial score (nSPS) is 24.2. The molecule has 5 nitrogen and oxygen atoms in total. The highest BCUT2D eigenvalue weighted by molar-refractivity contribution is 5.82. The fourth-order valence-electron chi connectivity index (χ4n) is 1.73. The number of carbonyl (C=O) groups excluding carboxylic acids is 2. The van der Waals surface area contributed by atoms with Gasteiger partial charge in [-0.1, -0.05) is 0 Å². The molecule has 0 bridgehead atoms. The SMILES string of the molecule is C#CCC1(COC(C)=O)CO/C(=C/C(=O)OC)C1. The zero-order valence-electron chi connectivity index (χ0n) is 10.5. The van der Waals surface area contributed by atoms with E-state index in [2.05, 4.69) is 10.7 Å². The maximum absolute atomic E-state index is 11.1. The Kier molecular flexibility index (Phi) is 4.78. The molecule has 0 spiro atoms. The standard InChI is InChI=1S/C13H16O5/c1-4-5-13(8-17-10(2)14)7-11(18-9-13)6-12(15)16-3/h1,6H,5,7-9H2,2-3H3/b11-6+. The molecule has 5 heteroatoms. The van der Waals surface area contributed by atoms with Gasteiger partial charge in [0.15, 0.2) is 0 Å². The summed E-state index contributed by atoms with van der Waals surface area (Å²) in [5.41, 5.74) is -0.444. The van der Waals surface area contributed by atoms with E-state index in [0.29, 0.717) is 25.2 Å². The van der Waals surface area contributed by atoms with E-state index in [4.69, 9.17) is 15.9 Å². The van der Waals surface area contributed by atoms with Gasteiger partial charge in [0, 0.05) is 19.8 Å². The Bertz CT molecular complexity index is 404. The van der Waals surface area contributed by atoms with Crippen LogP contribution in [0.25, 0.3) is 0 Å². The summed E-state index contributed by atoms with van der Waals surface area (Å²) in [4.78, 5) is 21.9. The molecule has 1 rings (SSSR count). The number of hydrogen-bond acceptors (Lipinski definition) is 5. The molecule has 0 N–H and O–H groups in total. The fourth-order valence-corrected chi connectivity index (χ4v) is 1.73. The van der Waals surface area contributed by atoms with Gasteiger partial charge in [-0.25, -0.2) is 4.79 Å². The summed E-state index contributed by atoms with van der Waals surface area (Å²) < 4.78 is 14.9. The Labute approximate surface area is 106 Å². The lowest BCUT2D eigenvalue weighted by Gasteiger charge is -2.22. The average molecular weight is 252 g/mol. The van der Waals surface area contributed by atoms with E-state index in [1.165, 1.54) is 20.1 Å². The van der Waals surface area contributed by atoms with Crippen molar-refractivity contribution in [1.29, 1.82) is 0 Å². The molecule has 98 valence electrons. The number of carbonyl (C=O) groups is 2. The summed E-state index contributed by atoms with van der Waals surface area (Å²) in [6.07, 6.45) is 7.47. The van der Waals surface area contributed by atoms with Crippen LogP contribution in [-0.2, 0) is 23.8 Å². The zero-order chi connectivity index (χ0) is 13.6. The highest BCUT2D eigenvalue weighted by Gasteiger charge is 2.39. The Morgan fingerprint density at radius 3 is 2.89 bits per heavy atom. The van der Waals surface area contributed by atoms with Gasteiger partial charge in [-0.15, -0.1) is 12.3 Å². The summed E-state index contributed by atoms with van der Waals surface area (Å²) in [5.74, 6) is 2.21. The number of allylic oxidation sites excluding steroid dienone is 1. The third kappa shape index (κ3) is 3.81. The lowest BCUT2D eigenvalue weighted by atomic mass is 9.84. The second-order valence-corrected chi connectivity index (χ2v) is 4.26. The van der Waals surface area contributed by atoms with Crippen LogP contribution >= 0.6 is 0 Å². The predicted molar refractivity (Wildman–Crippen MR) is 63.2 cm³/mol. The summed E-state index contributed by atoms with van der Waals surface area (Å²) in [6, 6.07) is 0. The van der Waals surface area contributed by atoms with Gasteiger partial charge in [-0.2, -0.15) is 0 Å². The van der Waals surface area contributed by atoms with Crippen LogP contribution < -0.4 is 0 Å². The van der Waals surface area contributed by atoms with Crippen molar-refractivity contribution in [2.24, 2.45) is 5.41 Å². The Morgan fingerprint density at radius 2 is 2.33 bits per heavy atom. The van der Waals surface area contributed by atoms with Crippen molar-refractivity contribution in [2.45, 2.75) is 19.8 Å². The van der Waals surface area contributed by atoms with Crippen LogP contribution in [0.3, 0.4) is 0 Å². The van der Waals surface area contributed by atoms with Crippen molar-refractivity contribution >= 4 is 11.9 Å². The van der Waals surface area contributed by atoms with Crippen LogP contribution in [0.5, 0.6) is 0 Å². The molecule has 1 fully saturated rings. The van der Waals surface area contributed by atoms with Gasteiger partial charge in [0.2, 0.25) is 0 Å². The van der Waals surface area contributed by atoms with Gasteiger partial charge in [0.25, 0.3) is 0 Å². The minimum atomic E-state index is -0.478. The molecule has 1 saturated heterocycles. The second kappa shape index (κ2) is 6.10. The molecule has 1 unspecified atom stereocenters. The molecule has 0 aliphatic carbocycles. The number of methoxy groups -OCH3 is 1. The number of ether oxygens (including phenoxy) is 3.